The molecule has 13 rings (SSSR count). The van der Waals surface area contributed by atoms with Crippen molar-refractivity contribution in [1.82, 2.24) is 4.98 Å². The normalized spacial score (nSPS) is 12.7. The van der Waals surface area contributed by atoms with Crippen molar-refractivity contribution in [3.8, 4) is 22.3 Å². The highest BCUT2D eigenvalue weighted by molar-refractivity contribution is 6.74. The summed E-state index contributed by atoms with van der Waals surface area (Å²) in [5.41, 5.74) is 18.6. The highest BCUT2D eigenvalue weighted by Gasteiger charge is 2.34. The van der Waals surface area contributed by atoms with Crippen molar-refractivity contribution < 1.29 is 4.42 Å². The molecule has 5 heteroatoms. The number of nitrogens with zero attached hydrogens (tertiary/aromatic N) is 2. The number of fused-ring (bicyclic) bond motifs is 11. The first-order chi connectivity index (χ1) is 33.6. The number of furan rings is 1. The lowest BCUT2D eigenvalue weighted by molar-refractivity contribution is 0.665. The Morgan fingerprint density at radius 1 is 0.559 bits per heavy atom. The van der Waals surface area contributed by atoms with E-state index in [1.54, 1.807) is 0 Å². The predicted molar refractivity (Wildman–Crippen MR) is 289 cm³/mol. The first-order valence-corrected chi connectivity index (χ1v) is 23.9. The summed E-state index contributed by atoms with van der Waals surface area (Å²) >= 11 is 0. The van der Waals surface area contributed by atoms with Crippen molar-refractivity contribution in [3.63, 3.8) is 0 Å². The van der Waals surface area contributed by atoms with E-state index in [2.05, 4.69) is 248 Å². The number of aromatic nitrogens is 1. The Kier molecular flexibility index (Phi) is 9.57. The lowest BCUT2D eigenvalue weighted by atomic mass is 9.58. The van der Waals surface area contributed by atoms with Gasteiger partial charge >= 0.3 is 0 Å². The summed E-state index contributed by atoms with van der Waals surface area (Å²) in [6.45, 7) is 4.64. The maximum absolute atomic E-state index is 7.17. The van der Waals surface area contributed by atoms with Gasteiger partial charge in [-0.15, -0.1) is 0 Å². The van der Waals surface area contributed by atoms with Gasteiger partial charge in [0.15, 0.2) is 12.9 Å². The number of benzene rings is 10. The molecule has 1 atom stereocenters. The van der Waals surface area contributed by atoms with Gasteiger partial charge < -0.3 is 19.2 Å². The summed E-state index contributed by atoms with van der Waals surface area (Å²) in [4.78, 5) is 8.81. The molecule has 2 aromatic heterocycles. The number of H-pyrrole nitrogens is 1. The fourth-order valence-corrected chi connectivity index (χ4v) is 11.0. The predicted octanol–water partition coefficient (Wildman–Crippen LogP) is 16.5. The molecule has 0 spiro atoms. The van der Waals surface area contributed by atoms with Gasteiger partial charge in [-0.2, -0.15) is 0 Å². The Balaban J connectivity index is 1.14. The lowest BCUT2D eigenvalue weighted by Gasteiger charge is -2.37. The van der Waals surface area contributed by atoms with Gasteiger partial charge in [-0.25, -0.2) is 0 Å². The van der Waals surface area contributed by atoms with Gasteiger partial charge in [0, 0.05) is 60.9 Å². The van der Waals surface area contributed by atoms with Gasteiger partial charge in [-0.05, 0) is 112 Å². The fraction of sp³-hybridized carbons (Fsp3) is 0.0794. The average Bonchev–Trinajstić information content (AvgIpc) is 3.98. The van der Waals surface area contributed by atoms with E-state index in [1.807, 2.05) is 0 Å². The second-order valence-corrected chi connectivity index (χ2v) is 18.3. The molecule has 4 nitrogen and oxygen atoms in total. The molecule has 323 valence electrons. The summed E-state index contributed by atoms with van der Waals surface area (Å²) < 4.78 is 7.17. The summed E-state index contributed by atoms with van der Waals surface area (Å²) in [5, 5.41) is 7.11. The van der Waals surface area contributed by atoms with E-state index in [1.165, 1.54) is 38.2 Å². The van der Waals surface area contributed by atoms with Gasteiger partial charge in [-0.1, -0.05) is 171 Å². The van der Waals surface area contributed by atoms with Crippen LogP contribution >= 0.6 is 0 Å². The second kappa shape index (κ2) is 16.3. The van der Waals surface area contributed by atoms with Crippen molar-refractivity contribution >= 4 is 107 Å². The van der Waals surface area contributed by atoms with Crippen LogP contribution in [0.3, 0.4) is 0 Å². The summed E-state index contributed by atoms with van der Waals surface area (Å²) in [6.07, 6.45) is 2.24. The highest BCUT2D eigenvalue weighted by Crippen LogP contribution is 2.50. The molecular weight excluding hydrogens is 826 g/mol. The van der Waals surface area contributed by atoms with Crippen molar-refractivity contribution in [2.75, 3.05) is 9.80 Å². The van der Waals surface area contributed by atoms with Gasteiger partial charge in [0.2, 0.25) is 0 Å². The van der Waals surface area contributed by atoms with Crippen LogP contribution in [0.5, 0.6) is 0 Å². The third-order valence-corrected chi connectivity index (χ3v) is 14.2. The quantitative estimate of drug-likeness (QED) is 0.147. The number of aromatic amines is 1. The Morgan fingerprint density at radius 2 is 1.26 bits per heavy atom. The molecule has 0 aliphatic carbocycles. The van der Waals surface area contributed by atoms with Crippen LogP contribution in [0.4, 0.5) is 34.1 Å². The molecule has 0 saturated heterocycles. The van der Waals surface area contributed by atoms with Crippen LogP contribution in [0.15, 0.2) is 217 Å². The van der Waals surface area contributed by atoms with E-state index in [4.69, 9.17) is 4.42 Å². The minimum Gasteiger partial charge on any atom is -0.454 e. The molecule has 10 aromatic carbocycles. The first-order valence-electron chi connectivity index (χ1n) is 23.9. The molecule has 0 unspecified atom stereocenters. The van der Waals surface area contributed by atoms with Crippen LogP contribution in [-0.4, -0.2) is 12.3 Å². The molecule has 1 aliphatic heterocycles. The average molecular weight is 873 g/mol. The molecule has 1 radical (unpaired) electrons. The van der Waals surface area contributed by atoms with E-state index in [-0.39, 0.29) is 0 Å². The topological polar surface area (TPSA) is 35.4 Å². The molecule has 68 heavy (non-hydrogen) atoms. The molecule has 3 heterocycles. The zero-order valence-electron chi connectivity index (χ0n) is 38.1. The van der Waals surface area contributed by atoms with Gasteiger partial charge in [0.1, 0.15) is 5.58 Å². The number of hydrogen-bond donors (Lipinski definition) is 1. The highest BCUT2D eigenvalue weighted by atomic mass is 16.3. The monoisotopic (exact) mass is 872 g/mol. The fourth-order valence-electron chi connectivity index (χ4n) is 11.0. The lowest BCUT2D eigenvalue weighted by Crippen LogP contribution is -2.41. The third kappa shape index (κ3) is 6.45. The third-order valence-electron chi connectivity index (χ3n) is 14.2. The summed E-state index contributed by atoms with van der Waals surface area (Å²) in [6, 6.07) is 77.3. The summed E-state index contributed by atoms with van der Waals surface area (Å²) in [7, 11) is 2.40. The molecule has 0 bridgehead atoms. The van der Waals surface area contributed by atoms with Crippen LogP contribution in [0.1, 0.15) is 38.2 Å². The Labute approximate surface area is 397 Å². The Bertz CT molecular complexity index is 3840. The largest absolute Gasteiger partial charge is 0.454 e. The van der Waals surface area contributed by atoms with Crippen LogP contribution < -0.4 is 20.7 Å². The van der Waals surface area contributed by atoms with Gasteiger partial charge in [-0.3, -0.25) is 0 Å². The Morgan fingerprint density at radius 3 is 2.04 bits per heavy atom. The van der Waals surface area contributed by atoms with Crippen LogP contribution in [0, 0.1) is 0 Å². The van der Waals surface area contributed by atoms with Crippen molar-refractivity contribution in [1.29, 1.82) is 0 Å². The molecule has 0 amide bonds. The minimum absolute atomic E-state index is 0.408. The second-order valence-electron chi connectivity index (χ2n) is 18.3. The molecule has 0 fully saturated rings. The van der Waals surface area contributed by atoms with Crippen molar-refractivity contribution in [3.05, 3.63) is 218 Å². The smallest absolute Gasteiger partial charge is 0.198 e. The standard InChI is InChI=1S/C63H47BN3O/c1-3-18-40(2)43-32-36-56(51(37-43)41-19-7-4-8-20-41)67-57-38-46(66(44-22-9-5-10-23-44)45-24-11-6-12-25-45)33-34-54(57)64-60-52(39-53-48-27-15-16-30-58(48)68-63(53)62(60)67)49-28-17-29-50-59-47-26-14-13-21-42(47)31-35-55(59)65-61(49)50/h4-17,19-40,65H,3,18H2,1-2H3/t40-/m0/s1. The number of para-hydroxylation sites is 4. The maximum Gasteiger partial charge on any atom is 0.198 e. The number of hydrogen-bond acceptors (Lipinski definition) is 3. The first kappa shape index (κ1) is 40.0. The Hall–Kier alpha value is -8.28. The van der Waals surface area contributed by atoms with Gasteiger partial charge in [0.05, 0.1) is 16.9 Å². The summed E-state index contributed by atoms with van der Waals surface area (Å²) in [5.74, 6) is 0.408. The number of rotatable bonds is 9. The molecule has 1 aliphatic rings. The minimum atomic E-state index is 0.408. The van der Waals surface area contributed by atoms with Crippen LogP contribution in [0.25, 0.3) is 76.8 Å². The molecule has 12 aromatic rings. The van der Waals surface area contributed by atoms with Crippen LogP contribution in [0.2, 0.25) is 0 Å². The van der Waals surface area contributed by atoms with E-state index in [9.17, 15) is 0 Å². The SMILES string of the molecule is CCC[C@H](C)c1ccc(N2c3cc(N(c4ccccc4)c4ccccc4)ccc3[B]c3c(-c4cccc5c4[nH]c4ccc6ccccc6c45)cc4c(oc5ccccc54)c32)c(-c2ccccc2)c1. The zero-order valence-corrected chi connectivity index (χ0v) is 38.1. The molecule has 1 N–H and O–H groups in total. The maximum atomic E-state index is 7.17. The van der Waals surface area contributed by atoms with Crippen LogP contribution in [-0.2, 0) is 0 Å². The zero-order chi connectivity index (χ0) is 45.3. The van der Waals surface area contributed by atoms with Crippen molar-refractivity contribution in [2.45, 2.75) is 32.6 Å². The van der Waals surface area contributed by atoms with Crippen molar-refractivity contribution in [2.24, 2.45) is 0 Å². The van der Waals surface area contributed by atoms with E-state index >= 15 is 0 Å². The van der Waals surface area contributed by atoms with Gasteiger partial charge in [0.25, 0.3) is 0 Å². The number of anilines is 6. The van der Waals surface area contributed by atoms with E-state index in [0.717, 1.165) is 102 Å². The number of nitrogens with one attached hydrogen (secondary N) is 1. The molecule has 0 saturated carbocycles. The molecular formula is C63H47BN3O. The van der Waals surface area contributed by atoms with E-state index < -0.39 is 0 Å². The van der Waals surface area contributed by atoms with E-state index in [0.29, 0.717) is 5.92 Å².